The van der Waals surface area contributed by atoms with Crippen LogP contribution in [-0.4, -0.2) is 30.9 Å². The number of para-hydroxylation sites is 1. The number of nitrogens with zero attached hydrogens (tertiary/aromatic N) is 6. The van der Waals surface area contributed by atoms with Crippen LogP contribution in [0, 0.1) is 6.92 Å². The summed E-state index contributed by atoms with van der Waals surface area (Å²) >= 11 is 0. The number of benzene rings is 2. The summed E-state index contributed by atoms with van der Waals surface area (Å²) in [4.78, 5) is 11.6. The minimum atomic E-state index is 0.737. The Morgan fingerprint density at radius 2 is 1.70 bits per heavy atom. The number of anilines is 1. The summed E-state index contributed by atoms with van der Waals surface area (Å²) in [6, 6.07) is 13.4. The van der Waals surface area contributed by atoms with Crippen LogP contribution < -0.4 is 10.2 Å². The molecule has 0 saturated carbocycles. The Hall–Kier alpha value is -3.50. The molecule has 0 saturated heterocycles. The molecule has 1 aliphatic heterocycles. The van der Waals surface area contributed by atoms with E-state index in [1.54, 1.807) is 0 Å². The molecule has 4 heterocycles. The Labute approximate surface area is 220 Å². The normalized spacial score (nSPS) is 13.4. The molecule has 5 aromatic rings. The van der Waals surface area contributed by atoms with Crippen molar-refractivity contribution in [1.82, 2.24) is 24.3 Å². The van der Waals surface area contributed by atoms with Gasteiger partial charge in [-0.25, -0.2) is 14.6 Å². The van der Waals surface area contributed by atoms with Crippen LogP contribution >= 0.6 is 9.24 Å². The maximum Gasteiger partial charge on any atom is 0.225 e. The van der Waals surface area contributed by atoms with Gasteiger partial charge in [0.25, 0.3) is 0 Å². The number of aryl methyl sites for hydroxylation is 4. The van der Waals surface area contributed by atoms with E-state index in [9.17, 15) is 0 Å². The summed E-state index contributed by atoms with van der Waals surface area (Å²) < 4.78 is 4.46. The average Bonchev–Trinajstić information content (AvgIpc) is 3.50. The lowest BCUT2D eigenvalue weighted by atomic mass is 9.97. The molecule has 0 N–H and O–H groups in total. The lowest BCUT2D eigenvalue weighted by Crippen LogP contribution is -2.31. The van der Waals surface area contributed by atoms with Gasteiger partial charge in [0.15, 0.2) is 0 Å². The molecule has 6 nitrogen and oxygen atoms in total. The predicted octanol–water partition coefficient (Wildman–Crippen LogP) is 5.32. The molecule has 7 heteroatoms. The van der Waals surface area contributed by atoms with Gasteiger partial charge in [-0.2, -0.15) is 5.10 Å². The molecular formula is C30H33N6P. The molecule has 0 amide bonds. The quantitative estimate of drug-likeness (QED) is 0.302. The lowest BCUT2D eigenvalue weighted by Gasteiger charge is -2.27. The molecule has 0 spiro atoms. The van der Waals surface area contributed by atoms with Gasteiger partial charge in [0.1, 0.15) is 0 Å². The molecule has 0 radical (unpaired) electrons. The zero-order valence-electron chi connectivity index (χ0n) is 22.0. The summed E-state index contributed by atoms with van der Waals surface area (Å²) in [6.07, 6.45) is 8.74. The molecule has 1 aliphatic rings. The molecule has 6 rings (SSSR count). The van der Waals surface area contributed by atoms with Gasteiger partial charge in [-0.05, 0) is 47.8 Å². The van der Waals surface area contributed by atoms with E-state index in [1.807, 2.05) is 19.3 Å². The fourth-order valence-electron chi connectivity index (χ4n) is 5.67. The van der Waals surface area contributed by atoms with Crippen molar-refractivity contribution >= 4 is 31.4 Å². The van der Waals surface area contributed by atoms with Crippen LogP contribution in [0.5, 0.6) is 0 Å². The molecule has 0 aliphatic carbocycles. The van der Waals surface area contributed by atoms with E-state index in [0.717, 1.165) is 43.9 Å². The van der Waals surface area contributed by atoms with Crippen molar-refractivity contribution in [1.29, 1.82) is 0 Å². The molecule has 1 unspecified atom stereocenters. The smallest absolute Gasteiger partial charge is 0.225 e. The van der Waals surface area contributed by atoms with Crippen LogP contribution in [0.1, 0.15) is 41.8 Å². The summed E-state index contributed by atoms with van der Waals surface area (Å²) in [6.45, 7) is 8.08. The van der Waals surface area contributed by atoms with E-state index < -0.39 is 0 Å². The van der Waals surface area contributed by atoms with Crippen molar-refractivity contribution in [2.24, 2.45) is 7.05 Å². The van der Waals surface area contributed by atoms with E-state index in [4.69, 9.17) is 5.10 Å². The second-order valence-electron chi connectivity index (χ2n) is 9.94. The maximum atomic E-state index is 5.33. The Kier molecular flexibility index (Phi) is 6.08. The van der Waals surface area contributed by atoms with Crippen LogP contribution in [0.3, 0.4) is 0 Å². The van der Waals surface area contributed by atoms with Gasteiger partial charge in [-0.1, -0.05) is 44.2 Å². The van der Waals surface area contributed by atoms with E-state index in [2.05, 4.69) is 96.8 Å². The topological polar surface area (TPSA) is 51.8 Å². The van der Waals surface area contributed by atoms with E-state index in [0.29, 0.717) is 0 Å². The van der Waals surface area contributed by atoms with Crippen molar-refractivity contribution < 1.29 is 0 Å². The maximum absolute atomic E-state index is 5.33. The summed E-state index contributed by atoms with van der Waals surface area (Å²) in [5, 5.41) is 7.77. The van der Waals surface area contributed by atoms with Crippen molar-refractivity contribution in [3.8, 4) is 16.9 Å². The molecular weight excluding hydrogens is 475 g/mol. The van der Waals surface area contributed by atoms with Gasteiger partial charge < -0.3 is 9.47 Å². The fraction of sp³-hybridized carbons (Fsp3) is 0.300. The first-order valence-corrected chi connectivity index (χ1v) is 13.7. The van der Waals surface area contributed by atoms with Crippen LogP contribution in [0.2, 0.25) is 0 Å². The number of hydrogen-bond acceptors (Lipinski definition) is 4. The predicted molar refractivity (Wildman–Crippen MR) is 155 cm³/mol. The van der Waals surface area contributed by atoms with Gasteiger partial charge in [0.2, 0.25) is 5.95 Å². The van der Waals surface area contributed by atoms with Crippen LogP contribution in [-0.2, 0) is 32.9 Å². The molecule has 188 valence electrons. The van der Waals surface area contributed by atoms with Gasteiger partial charge >= 0.3 is 0 Å². The first kappa shape index (κ1) is 23.9. The second kappa shape index (κ2) is 9.42. The van der Waals surface area contributed by atoms with Gasteiger partial charge in [0.05, 0.1) is 22.6 Å². The first-order valence-electron chi connectivity index (χ1n) is 13.1. The van der Waals surface area contributed by atoms with Crippen LogP contribution in [0.4, 0.5) is 5.95 Å². The number of rotatable bonds is 5. The van der Waals surface area contributed by atoms with Gasteiger partial charge in [0, 0.05) is 61.7 Å². The third-order valence-electron chi connectivity index (χ3n) is 7.58. The Morgan fingerprint density at radius 3 is 2.41 bits per heavy atom. The average molecular weight is 509 g/mol. The highest BCUT2D eigenvalue weighted by Crippen LogP contribution is 2.38. The highest BCUT2D eigenvalue weighted by atomic mass is 31.0. The highest BCUT2D eigenvalue weighted by molar-refractivity contribution is 7.28. The van der Waals surface area contributed by atoms with Gasteiger partial charge in [-0.15, -0.1) is 9.24 Å². The van der Waals surface area contributed by atoms with Crippen molar-refractivity contribution in [3.63, 3.8) is 0 Å². The molecule has 0 fully saturated rings. The summed E-state index contributed by atoms with van der Waals surface area (Å²) in [5.74, 6) is 0.781. The van der Waals surface area contributed by atoms with E-state index in [1.165, 1.54) is 55.5 Å². The zero-order valence-corrected chi connectivity index (χ0v) is 23.1. The lowest BCUT2D eigenvalue weighted by molar-refractivity contribution is 0.694. The van der Waals surface area contributed by atoms with Crippen molar-refractivity contribution in [3.05, 3.63) is 82.9 Å². The Morgan fingerprint density at radius 1 is 0.973 bits per heavy atom. The summed E-state index contributed by atoms with van der Waals surface area (Å²) in [5.41, 5.74) is 11.0. The van der Waals surface area contributed by atoms with Crippen molar-refractivity contribution in [2.75, 3.05) is 11.4 Å². The van der Waals surface area contributed by atoms with Crippen molar-refractivity contribution in [2.45, 2.75) is 46.6 Å². The van der Waals surface area contributed by atoms with E-state index in [-0.39, 0.29) is 0 Å². The van der Waals surface area contributed by atoms with Gasteiger partial charge in [-0.3, -0.25) is 0 Å². The molecule has 37 heavy (non-hydrogen) atoms. The highest BCUT2D eigenvalue weighted by Gasteiger charge is 2.29. The molecule has 3 aromatic heterocycles. The molecule has 1 atom stereocenters. The third-order valence-corrected chi connectivity index (χ3v) is 8.05. The minimum Gasteiger partial charge on any atom is -0.350 e. The minimum absolute atomic E-state index is 0.737. The number of fused-ring (bicyclic) bond motifs is 2. The number of aromatic nitrogens is 5. The largest absolute Gasteiger partial charge is 0.350 e. The van der Waals surface area contributed by atoms with Crippen LogP contribution in [0.15, 0.2) is 55.0 Å². The SMILES string of the molecule is CCc1cccc(CC)c1-n1nc2c(c1-c1ccc(P)c3c1ccn3C)CN(c1ncc(C)cn1)CC2. The molecule has 0 bridgehead atoms. The molecule has 2 aromatic carbocycles. The Bertz CT molecular complexity index is 1590. The summed E-state index contributed by atoms with van der Waals surface area (Å²) in [7, 11) is 5.02. The first-order chi connectivity index (χ1) is 18.0. The monoisotopic (exact) mass is 508 g/mol. The zero-order chi connectivity index (χ0) is 25.7. The Balaban J connectivity index is 1.62. The third kappa shape index (κ3) is 3.95. The second-order valence-corrected chi connectivity index (χ2v) is 10.6. The van der Waals surface area contributed by atoms with E-state index >= 15 is 0 Å². The standard InChI is InChI=1S/C30H33N6P/c1-5-20-8-7-9-21(6-2)27(20)36-28(22-10-11-26(37)29-23(22)12-14-34(29)4)24-18-35(15-13-25(24)33-36)30-31-16-19(3)17-32-30/h7-12,14,16-17H,5-6,13,15,18,37H2,1-4H3. The fourth-order valence-corrected chi connectivity index (χ4v) is 6.13. The van der Waals surface area contributed by atoms with Crippen LogP contribution in [0.25, 0.3) is 27.8 Å². The number of hydrogen-bond donors (Lipinski definition) is 0.